The lowest BCUT2D eigenvalue weighted by molar-refractivity contribution is 0.510. The zero-order valence-corrected chi connectivity index (χ0v) is 12.4. The minimum Gasteiger partial charge on any atom is -0.309 e. The number of rotatable bonds is 5. The van der Waals surface area contributed by atoms with E-state index in [0.717, 1.165) is 17.4 Å². The van der Waals surface area contributed by atoms with Gasteiger partial charge in [0.15, 0.2) is 0 Å². The van der Waals surface area contributed by atoms with Gasteiger partial charge in [0, 0.05) is 34.4 Å². The van der Waals surface area contributed by atoms with Crippen molar-refractivity contribution in [3.05, 3.63) is 38.8 Å². The van der Waals surface area contributed by atoms with Crippen LogP contribution >= 0.6 is 27.3 Å². The summed E-state index contributed by atoms with van der Waals surface area (Å²) in [6.45, 7) is 3.09. The van der Waals surface area contributed by atoms with E-state index in [9.17, 15) is 0 Å². The molecule has 0 aliphatic carbocycles. The highest BCUT2D eigenvalue weighted by atomic mass is 79.9. The molecule has 0 saturated carbocycles. The van der Waals surface area contributed by atoms with Gasteiger partial charge in [0.2, 0.25) is 0 Å². The maximum atomic E-state index is 4.24. The first-order valence-electron chi connectivity index (χ1n) is 5.65. The van der Waals surface area contributed by atoms with E-state index in [1.54, 1.807) is 11.3 Å². The summed E-state index contributed by atoms with van der Waals surface area (Å²) >= 11 is 5.29. The first kappa shape index (κ1) is 12.8. The van der Waals surface area contributed by atoms with Gasteiger partial charge in [0.25, 0.3) is 0 Å². The third-order valence-corrected chi connectivity index (χ3v) is 4.41. The second-order valence-electron chi connectivity index (χ2n) is 3.93. The zero-order valence-electron chi connectivity index (χ0n) is 9.98. The van der Waals surface area contributed by atoms with Crippen LogP contribution < -0.4 is 5.32 Å². The Labute approximate surface area is 114 Å². The van der Waals surface area contributed by atoms with Crippen molar-refractivity contribution in [2.75, 3.05) is 6.54 Å². The number of nitrogens with one attached hydrogen (secondary N) is 1. The average Bonchev–Trinajstić information content (AvgIpc) is 2.87. The molecule has 0 fully saturated rings. The van der Waals surface area contributed by atoms with Crippen LogP contribution in [0, 0.1) is 0 Å². The maximum absolute atomic E-state index is 4.24. The van der Waals surface area contributed by atoms with Gasteiger partial charge in [0.1, 0.15) is 0 Å². The van der Waals surface area contributed by atoms with Gasteiger partial charge in [0.05, 0.1) is 11.7 Å². The molecule has 92 valence electrons. The molecule has 2 aromatic heterocycles. The molecule has 0 amide bonds. The summed E-state index contributed by atoms with van der Waals surface area (Å²) in [6.07, 6.45) is 2.85. The molecule has 1 unspecified atom stereocenters. The van der Waals surface area contributed by atoms with Crippen LogP contribution in [0.1, 0.15) is 23.5 Å². The Balaban J connectivity index is 2.15. The molecule has 17 heavy (non-hydrogen) atoms. The molecule has 1 atom stereocenters. The van der Waals surface area contributed by atoms with Gasteiger partial charge in [-0.05, 0) is 34.6 Å². The van der Waals surface area contributed by atoms with Crippen molar-refractivity contribution >= 4 is 27.3 Å². The Morgan fingerprint density at radius 1 is 1.59 bits per heavy atom. The summed E-state index contributed by atoms with van der Waals surface area (Å²) in [6, 6.07) is 4.60. The fraction of sp³-hybridized carbons (Fsp3) is 0.417. The van der Waals surface area contributed by atoms with Crippen molar-refractivity contribution in [2.24, 2.45) is 7.05 Å². The van der Waals surface area contributed by atoms with Crippen LogP contribution in [0.4, 0.5) is 0 Å². The molecule has 0 spiro atoms. The standard InChI is InChI=1S/C12H16BrN3S/c1-3-14-11(12-4-5-15-16(12)2)7-10-6-9(13)8-17-10/h4-6,8,11,14H,3,7H2,1-2H3. The van der Waals surface area contributed by atoms with Crippen molar-refractivity contribution in [3.8, 4) is 0 Å². The van der Waals surface area contributed by atoms with Gasteiger partial charge in [-0.15, -0.1) is 11.3 Å². The van der Waals surface area contributed by atoms with Crippen LogP contribution in [0.3, 0.4) is 0 Å². The molecule has 0 aromatic carbocycles. The second kappa shape index (κ2) is 5.80. The fourth-order valence-electron chi connectivity index (χ4n) is 1.92. The van der Waals surface area contributed by atoms with Crippen molar-refractivity contribution in [1.82, 2.24) is 15.1 Å². The summed E-state index contributed by atoms with van der Waals surface area (Å²) in [4.78, 5) is 1.38. The number of thiophene rings is 1. The minimum absolute atomic E-state index is 0.332. The van der Waals surface area contributed by atoms with E-state index in [2.05, 4.69) is 50.8 Å². The van der Waals surface area contributed by atoms with Crippen LogP contribution in [-0.4, -0.2) is 16.3 Å². The molecule has 0 aliphatic rings. The smallest absolute Gasteiger partial charge is 0.0553 e. The van der Waals surface area contributed by atoms with Crippen LogP contribution in [0.5, 0.6) is 0 Å². The molecule has 2 rings (SSSR count). The number of hydrogen-bond acceptors (Lipinski definition) is 3. The summed E-state index contributed by atoms with van der Waals surface area (Å²) in [5.41, 5.74) is 1.23. The van der Waals surface area contributed by atoms with Crippen molar-refractivity contribution in [3.63, 3.8) is 0 Å². The largest absolute Gasteiger partial charge is 0.309 e. The molecule has 2 heterocycles. The van der Waals surface area contributed by atoms with Gasteiger partial charge in [-0.3, -0.25) is 4.68 Å². The average molecular weight is 314 g/mol. The lowest BCUT2D eigenvalue weighted by atomic mass is 10.1. The van der Waals surface area contributed by atoms with Crippen molar-refractivity contribution in [1.29, 1.82) is 0 Å². The molecule has 0 aliphatic heterocycles. The molecule has 0 radical (unpaired) electrons. The van der Waals surface area contributed by atoms with Gasteiger partial charge in [-0.25, -0.2) is 0 Å². The zero-order chi connectivity index (χ0) is 12.3. The number of likely N-dealkylation sites (N-methyl/N-ethyl adjacent to an activating group) is 1. The molecule has 1 N–H and O–H groups in total. The third-order valence-electron chi connectivity index (χ3n) is 2.69. The van der Waals surface area contributed by atoms with Gasteiger partial charge < -0.3 is 5.32 Å². The monoisotopic (exact) mass is 313 g/mol. The third kappa shape index (κ3) is 3.18. The van der Waals surface area contributed by atoms with Crippen LogP contribution in [0.2, 0.25) is 0 Å². The summed E-state index contributed by atoms with van der Waals surface area (Å²) in [7, 11) is 1.99. The fourth-order valence-corrected chi connectivity index (χ4v) is 3.41. The Kier molecular flexibility index (Phi) is 4.36. The predicted octanol–water partition coefficient (Wildman–Crippen LogP) is 3.14. The maximum Gasteiger partial charge on any atom is 0.0553 e. The number of aromatic nitrogens is 2. The number of aryl methyl sites for hydroxylation is 1. The Morgan fingerprint density at radius 3 is 2.94 bits per heavy atom. The van der Waals surface area contributed by atoms with Crippen molar-refractivity contribution in [2.45, 2.75) is 19.4 Å². The molecule has 0 bridgehead atoms. The highest BCUT2D eigenvalue weighted by Gasteiger charge is 2.15. The van der Waals surface area contributed by atoms with E-state index < -0.39 is 0 Å². The number of hydrogen-bond donors (Lipinski definition) is 1. The van der Waals surface area contributed by atoms with E-state index in [1.165, 1.54) is 10.6 Å². The highest BCUT2D eigenvalue weighted by Crippen LogP contribution is 2.25. The van der Waals surface area contributed by atoms with E-state index in [4.69, 9.17) is 0 Å². The molecule has 2 aromatic rings. The van der Waals surface area contributed by atoms with Crippen LogP contribution in [0.15, 0.2) is 28.2 Å². The quantitative estimate of drug-likeness (QED) is 0.919. The SMILES string of the molecule is CCNC(Cc1cc(Br)cs1)c1ccnn1C. The van der Waals surface area contributed by atoms with Gasteiger partial charge >= 0.3 is 0 Å². The lowest BCUT2D eigenvalue weighted by Crippen LogP contribution is -2.24. The molecule has 3 nitrogen and oxygen atoms in total. The van der Waals surface area contributed by atoms with Crippen LogP contribution in [-0.2, 0) is 13.5 Å². The topological polar surface area (TPSA) is 29.9 Å². The second-order valence-corrected chi connectivity index (χ2v) is 5.84. The molecule has 0 saturated heterocycles. The van der Waals surface area contributed by atoms with E-state index in [-0.39, 0.29) is 0 Å². The van der Waals surface area contributed by atoms with E-state index in [0.29, 0.717) is 6.04 Å². The number of nitrogens with zero attached hydrogens (tertiary/aromatic N) is 2. The summed E-state index contributed by atoms with van der Waals surface area (Å²) < 4.78 is 3.11. The van der Waals surface area contributed by atoms with E-state index in [1.807, 2.05) is 17.9 Å². The van der Waals surface area contributed by atoms with Gasteiger partial charge in [-0.1, -0.05) is 6.92 Å². The summed E-state index contributed by atoms with van der Waals surface area (Å²) in [5, 5.41) is 9.88. The van der Waals surface area contributed by atoms with Gasteiger partial charge in [-0.2, -0.15) is 5.10 Å². The summed E-state index contributed by atoms with van der Waals surface area (Å²) in [5.74, 6) is 0. The first-order chi connectivity index (χ1) is 8.20. The molecule has 5 heteroatoms. The molecular weight excluding hydrogens is 298 g/mol. The van der Waals surface area contributed by atoms with Crippen molar-refractivity contribution < 1.29 is 0 Å². The normalized spacial score (nSPS) is 12.9. The van der Waals surface area contributed by atoms with Crippen LogP contribution in [0.25, 0.3) is 0 Å². The van der Waals surface area contributed by atoms with E-state index >= 15 is 0 Å². The Morgan fingerprint density at radius 2 is 2.41 bits per heavy atom. The number of halogens is 1. The highest BCUT2D eigenvalue weighted by molar-refractivity contribution is 9.10. The Bertz CT molecular complexity index is 478. The lowest BCUT2D eigenvalue weighted by Gasteiger charge is -2.17. The minimum atomic E-state index is 0.332. The first-order valence-corrected chi connectivity index (χ1v) is 7.32. The predicted molar refractivity (Wildman–Crippen MR) is 75.3 cm³/mol. The Hall–Kier alpha value is -0.650. The molecular formula is C12H16BrN3S.